The Morgan fingerprint density at radius 2 is 0.866 bits per heavy atom. The molecule has 82 heavy (non-hydrogen) atoms. The third kappa shape index (κ3) is 21.2. The van der Waals surface area contributed by atoms with E-state index in [0.29, 0.717) is 19.4 Å². The lowest BCUT2D eigenvalue weighted by Crippen LogP contribution is -2.44. The Kier molecular flexibility index (Phi) is 25.6. The highest BCUT2D eigenvalue weighted by Gasteiger charge is 2.44. The molecule has 0 saturated carbocycles. The minimum Gasteiger partial charge on any atom is -0.467 e. The number of amides is 2. The van der Waals surface area contributed by atoms with E-state index >= 15 is 0 Å². The summed E-state index contributed by atoms with van der Waals surface area (Å²) in [5, 5.41) is -0.350. The summed E-state index contributed by atoms with van der Waals surface area (Å²) in [5.74, 6) is 10.1. The van der Waals surface area contributed by atoms with Crippen LogP contribution in [0.3, 0.4) is 0 Å². The number of hydrogen-bond donors (Lipinski definition) is 0. The van der Waals surface area contributed by atoms with Crippen LogP contribution in [0.15, 0.2) is 182 Å². The van der Waals surface area contributed by atoms with Crippen LogP contribution < -0.4 is 0 Å². The van der Waals surface area contributed by atoms with Crippen molar-refractivity contribution in [2.24, 2.45) is 0 Å². The lowest BCUT2D eigenvalue weighted by atomic mass is 9.90. The van der Waals surface area contributed by atoms with Gasteiger partial charge in [-0.2, -0.15) is 13.2 Å². The van der Waals surface area contributed by atoms with E-state index in [2.05, 4.69) is 23.7 Å². The second-order valence-corrected chi connectivity index (χ2v) is 19.7. The number of rotatable bonds is 12. The number of esters is 2. The highest BCUT2D eigenvalue weighted by atomic mass is 35.5. The van der Waals surface area contributed by atoms with Crippen molar-refractivity contribution in [3.63, 3.8) is 0 Å². The van der Waals surface area contributed by atoms with Crippen LogP contribution in [0.5, 0.6) is 0 Å². The van der Waals surface area contributed by atoms with E-state index in [1.807, 2.05) is 182 Å². The van der Waals surface area contributed by atoms with Gasteiger partial charge in [-0.3, -0.25) is 19.3 Å². The number of methoxy groups -OCH3 is 2. The Morgan fingerprint density at radius 3 is 1.18 bits per heavy atom. The molecule has 6 aromatic carbocycles. The third-order valence-corrected chi connectivity index (χ3v) is 12.5. The van der Waals surface area contributed by atoms with Crippen molar-refractivity contribution >= 4 is 47.1 Å². The molecule has 4 atom stereocenters. The molecule has 2 fully saturated rings. The summed E-state index contributed by atoms with van der Waals surface area (Å²) in [6.45, 7) is 6.35. The molecule has 8 rings (SSSR count). The van der Waals surface area contributed by atoms with E-state index in [0.717, 1.165) is 33.4 Å². The molecule has 0 spiro atoms. The van der Waals surface area contributed by atoms with Crippen LogP contribution in [-0.2, 0) is 47.7 Å². The van der Waals surface area contributed by atoms with Crippen LogP contribution >= 0.6 is 11.6 Å². The van der Waals surface area contributed by atoms with Crippen molar-refractivity contribution in [1.82, 2.24) is 9.80 Å². The predicted molar refractivity (Wildman–Crippen MR) is 304 cm³/mol. The molecule has 0 N–H and O–H groups in total. The predicted octanol–water partition coefficient (Wildman–Crippen LogP) is 11.0. The summed E-state index contributed by atoms with van der Waals surface area (Å²) < 4.78 is 58.1. The number of carbonyl (C=O) groups is 6. The molecule has 2 aliphatic heterocycles. The van der Waals surface area contributed by atoms with Gasteiger partial charge >= 0.3 is 24.2 Å². The first-order valence-corrected chi connectivity index (χ1v) is 26.4. The molecule has 0 aromatic heterocycles. The molecule has 2 saturated heterocycles. The molecule has 0 bridgehead atoms. The van der Waals surface area contributed by atoms with E-state index in [1.165, 1.54) is 19.1 Å². The summed E-state index contributed by atoms with van der Waals surface area (Å²) in [5.41, 5.74) is 4.78. The van der Waals surface area contributed by atoms with E-state index in [1.54, 1.807) is 25.7 Å². The van der Waals surface area contributed by atoms with Crippen LogP contribution in [0.1, 0.15) is 78.8 Å². The zero-order valence-corrected chi connectivity index (χ0v) is 46.8. The summed E-state index contributed by atoms with van der Waals surface area (Å²) in [6.07, 6.45) is -6.11. The largest absolute Gasteiger partial charge is 0.467 e. The minimum atomic E-state index is -4.64. The second kappa shape index (κ2) is 32.6. The van der Waals surface area contributed by atoms with Gasteiger partial charge in [0.25, 0.3) is 0 Å². The minimum absolute atomic E-state index is 0.144. The van der Waals surface area contributed by atoms with Crippen LogP contribution in [0.2, 0.25) is 0 Å². The third-order valence-electron chi connectivity index (χ3n) is 12.3. The quantitative estimate of drug-likeness (QED) is 0.0378. The fourth-order valence-electron chi connectivity index (χ4n) is 8.64. The maximum Gasteiger partial charge on any atom is 0.446 e. The number of alkyl halides is 3. The van der Waals surface area contributed by atoms with Crippen LogP contribution in [0.25, 0.3) is 0 Å². The smallest absolute Gasteiger partial charge is 0.446 e. The topological polar surface area (TPSA) is 155 Å². The Hall–Kier alpha value is -8.54. The first-order valence-electron chi connectivity index (χ1n) is 26.0. The molecular weight excluding hydrogens is 1080 g/mol. The highest BCUT2D eigenvalue weighted by Crippen LogP contribution is 2.32. The van der Waals surface area contributed by atoms with Crippen molar-refractivity contribution in [2.45, 2.75) is 81.5 Å². The molecule has 0 aliphatic carbocycles. The molecule has 0 radical (unpaired) electrons. The van der Waals surface area contributed by atoms with Crippen molar-refractivity contribution in [1.29, 1.82) is 0 Å². The summed E-state index contributed by atoms with van der Waals surface area (Å²) in [7, 11) is 2.64. The second-order valence-electron chi connectivity index (χ2n) is 19.3. The summed E-state index contributed by atoms with van der Waals surface area (Å²) in [4.78, 5) is 74.0. The van der Waals surface area contributed by atoms with Crippen LogP contribution in [0.4, 0.5) is 18.0 Å². The van der Waals surface area contributed by atoms with Crippen LogP contribution in [0, 0.1) is 23.7 Å². The monoisotopic (exact) mass is 1140 g/mol. The fraction of sp³-hybridized carbons (Fsp3) is 0.292. The van der Waals surface area contributed by atoms with E-state index in [9.17, 15) is 37.1 Å². The van der Waals surface area contributed by atoms with Crippen molar-refractivity contribution in [3.05, 3.63) is 215 Å². The standard InChI is InChI=1S/C29H27NO4.C20H25NO5.C14H11ClO.C2HF3O/c1-33-29(32)26-20-25(34-19-11-14-22-12-5-2-6-13-22)21-30(26)28(31)27(23-15-7-3-8-16-23)24-17-9-4-10-18-24;1-20(2,3)26-19(23)21-14-16(13-17(21)18(22)24-4)25-12-8-11-15-9-6-5-7-10-15;15-14(16)13(11-7-3-1-4-8-11)12-9-5-2-6-10-12;3-2(4,5)1-6/h2-10,12-13,15-18,25-27H,19-21H2,1H3;5-7,9-10,16-17H,12-14H2,1-4H3;1-10,13H;1H/t25-,26-;16-,17-;;/m00../s1. The van der Waals surface area contributed by atoms with E-state index < -0.39 is 54.1 Å². The van der Waals surface area contributed by atoms with Gasteiger partial charge in [0.15, 0.2) is 0 Å². The number of likely N-dealkylation sites (tertiary alicyclic amines) is 2. The zero-order valence-electron chi connectivity index (χ0n) is 46.0. The lowest BCUT2D eigenvalue weighted by Gasteiger charge is -2.28. The maximum absolute atomic E-state index is 13.9. The molecule has 13 nitrogen and oxygen atoms in total. The van der Waals surface area contributed by atoms with Gasteiger partial charge in [0.2, 0.25) is 17.4 Å². The van der Waals surface area contributed by atoms with Gasteiger partial charge in [-0.25, -0.2) is 14.4 Å². The molecule has 428 valence electrons. The molecule has 2 aliphatic rings. The van der Waals surface area contributed by atoms with Gasteiger partial charge in [-0.15, -0.1) is 0 Å². The number of nitrogens with zero attached hydrogens (tertiary/aromatic N) is 2. The van der Waals surface area contributed by atoms with E-state index in [-0.39, 0.29) is 49.0 Å². The van der Waals surface area contributed by atoms with Crippen molar-refractivity contribution in [2.75, 3.05) is 40.5 Å². The maximum atomic E-state index is 13.9. The Morgan fingerprint density at radius 1 is 0.549 bits per heavy atom. The van der Waals surface area contributed by atoms with Crippen LogP contribution in [-0.4, -0.2) is 122 Å². The normalized spacial score (nSPS) is 16.1. The Bertz CT molecular complexity index is 3010. The number of halogens is 4. The fourth-order valence-corrected chi connectivity index (χ4v) is 8.89. The molecule has 0 unspecified atom stereocenters. The summed E-state index contributed by atoms with van der Waals surface area (Å²) >= 11 is 5.67. The first-order chi connectivity index (χ1) is 39.3. The summed E-state index contributed by atoms with van der Waals surface area (Å²) in [6, 6.07) is 56.2. The van der Waals surface area contributed by atoms with Gasteiger partial charge in [-0.05, 0) is 78.9 Å². The Labute approximate surface area is 481 Å². The SMILES string of the molecule is COC(=O)[C@@H]1C[C@H](OCC#Cc2ccccc2)CN1C(=O)C(c1ccccc1)c1ccccc1.COC(=O)[C@@H]1C[C@H](OCC#Cc2ccccc2)CN1C(=O)OC(C)(C)C.O=C(Cl)C(c1ccccc1)c1ccccc1.O=CC(F)(F)F. The number of aldehydes is 1. The molecule has 2 amide bonds. The number of benzene rings is 6. The number of hydrogen-bond acceptors (Lipinski definition) is 11. The zero-order chi connectivity index (χ0) is 59.5. The van der Waals surface area contributed by atoms with Gasteiger partial charge in [0.1, 0.15) is 30.9 Å². The van der Waals surface area contributed by atoms with Gasteiger partial charge in [0.05, 0.1) is 44.8 Å². The van der Waals surface area contributed by atoms with Gasteiger partial charge in [0, 0.05) is 30.5 Å². The first kappa shape index (κ1) is 64.3. The lowest BCUT2D eigenvalue weighted by molar-refractivity contribution is -0.156. The van der Waals surface area contributed by atoms with Gasteiger partial charge in [-0.1, -0.05) is 181 Å². The average Bonchev–Trinajstić information content (AvgIpc) is 4.21. The number of carbonyl (C=O) groups excluding carboxylic acids is 6. The van der Waals surface area contributed by atoms with E-state index in [4.69, 9.17) is 40.1 Å². The average molecular weight is 1140 g/mol. The number of ether oxygens (including phenoxy) is 5. The van der Waals surface area contributed by atoms with Crippen molar-refractivity contribution in [3.8, 4) is 23.7 Å². The highest BCUT2D eigenvalue weighted by molar-refractivity contribution is 6.65. The molecule has 2 heterocycles. The Balaban J connectivity index is 0.000000226. The molecular formula is C65H64ClF3N2O11. The van der Waals surface area contributed by atoms with Crippen molar-refractivity contribution < 1.29 is 65.6 Å². The molecule has 17 heteroatoms. The molecule has 6 aromatic rings. The van der Waals surface area contributed by atoms with Gasteiger partial charge < -0.3 is 28.6 Å².